The maximum atomic E-state index is 11.4. The van der Waals surface area contributed by atoms with E-state index in [0.29, 0.717) is 12.8 Å². The van der Waals surface area contributed by atoms with Gasteiger partial charge in [0.2, 0.25) is 11.8 Å². The highest BCUT2D eigenvalue weighted by molar-refractivity contribution is 5.86. The highest BCUT2D eigenvalue weighted by Crippen LogP contribution is 2.01. The zero-order valence-corrected chi connectivity index (χ0v) is 9.71. The van der Waals surface area contributed by atoms with E-state index in [1.54, 1.807) is 0 Å². The molecular formula is C11H22N2O2. The third kappa shape index (κ3) is 6.94. The fraction of sp³-hybridized carbons (Fsp3) is 0.818. The summed E-state index contributed by atoms with van der Waals surface area (Å²) in [6.07, 6.45) is 4.85. The molecule has 15 heavy (non-hydrogen) atoms. The van der Waals surface area contributed by atoms with E-state index in [-0.39, 0.29) is 5.91 Å². The summed E-state index contributed by atoms with van der Waals surface area (Å²) in [6, 6.07) is -0.491. The molecule has 0 fully saturated rings. The highest BCUT2D eigenvalue weighted by atomic mass is 16.2. The number of carbonyl (C=O) groups excluding carboxylic acids is 2. The van der Waals surface area contributed by atoms with Crippen LogP contribution in [0.25, 0.3) is 0 Å². The Bertz CT molecular complexity index is 205. The van der Waals surface area contributed by atoms with Gasteiger partial charge in [-0.05, 0) is 12.8 Å². The maximum absolute atomic E-state index is 11.4. The monoisotopic (exact) mass is 214 g/mol. The Morgan fingerprint density at radius 2 is 1.80 bits per heavy atom. The average molecular weight is 214 g/mol. The van der Waals surface area contributed by atoms with Crippen LogP contribution >= 0.6 is 0 Å². The van der Waals surface area contributed by atoms with Gasteiger partial charge < -0.3 is 11.1 Å². The SMILES string of the molecule is CCCCC(=O)N[C@@H](CCCC)C(N)=O. The molecular weight excluding hydrogens is 192 g/mol. The quantitative estimate of drug-likeness (QED) is 0.640. The number of hydrogen-bond acceptors (Lipinski definition) is 2. The van der Waals surface area contributed by atoms with Crippen molar-refractivity contribution in [3.8, 4) is 0 Å². The molecule has 0 rings (SSSR count). The van der Waals surface area contributed by atoms with Gasteiger partial charge in [0.05, 0.1) is 0 Å². The molecule has 0 aliphatic carbocycles. The summed E-state index contributed by atoms with van der Waals surface area (Å²) < 4.78 is 0. The fourth-order valence-corrected chi connectivity index (χ4v) is 1.30. The van der Waals surface area contributed by atoms with E-state index >= 15 is 0 Å². The molecule has 2 amide bonds. The lowest BCUT2D eigenvalue weighted by atomic mass is 10.1. The van der Waals surface area contributed by atoms with Crippen LogP contribution in [0.5, 0.6) is 0 Å². The summed E-state index contributed by atoms with van der Waals surface area (Å²) in [5.41, 5.74) is 5.20. The molecule has 0 saturated carbocycles. The molecule has 0 bridgehead atoms. The first-order valence-corrected chi connectivity index (χ1v) is 5.70. The molecule has 0 aliphatic heterocycles. The van der Waals surface area contributed by atoms with Gasteiger partial charge in [-0.15, -0.1) is 0 Å². The minimum absolute atomic E-state index is 0.0725. The highest BCUT2D eigenvalue weighted by Gasteiger charge is 2.16. The van der Waals surface area contributed by atoms with Crippen molar-refractivity contribution in [2.75, 3.05) is 0 Å². The first kappa shape index (κ1) is 13.9. The van der Waals surface area contributed by atoms with Gasteiger partial charge in [0, 0.05) is 6.42 Å². The van der Waals surface area contributed by atoms with Gasteiger partial charge in [0.15, 0.2) is 0 Å². The predicted octanol–water partition coefficient (Wildman–Crippen LogP) is 1.34. The maximum Gasteiger partial charge on any atom is 0.239 e. The second-order valence-corrected chi connectivity index (χ2v) is 3.77. The molecule has 88 valence electrons. The molecule has 0 aromatic heterocycles. The smallest absolute Gasteiger partial charge is 0.239 e. The van der Waals surface area contributed by atoms with E-state index in [9.17, 15) is 9.59 Å². The van der Waals surface area contributed by atoms with Crippen LogP contribution in [0.1, 0.15) is 52.4 Å². The Balaban J connectivity index is 3.93. The van der Waals surface area contributed by atoms with Gasteiger partial charge in [-0.3, -0.25) is 9.59 Å². The van der Waals surface area contributed by atoms with E-state index in [1.165, 1.54) is 0 Å². The fourth-order valence-electron chi connectivity index (χ4n) is 1.30. The predicted molar refractivity (Wildman–Crippen MR) is 60.2 cm³/mol. The molecule has 0 aromatic rings. The summed E-state index contributed by atoms with van der Waals surface area (Å²) in [7, 11) is 0. The third-order valence-corrected chi connectivity index (χ3v) is 2.28. The Morgan fingerprint density at radius 1 is 1.20 bits per heavy atom. The van der Waals surface area contributed by atoms with Gasteiger partial charge >= 0.3 is 0 Å². The van der Waals surface area contributed by atoms with Crippen molar-refractivity contribution in [1.82, 2.24) is 5.32 Å². The molecule has 3 N–H and O–H groups in total. The van der Waals surface area contributed by atoms with E-state index in [4.69, 9.17) is 5.73 Å². The number of rotatable bonds is 8. The number of nitrogens with one attached hydrogen (secondary N) is 1. The van der Waals surface area contributed by atoms with E-state index < -0.39 is 11.9 Å². The van der Waals surface area contributed by atoms with Gasteiger partial charge in [-0.2, -0.15) is 0 Å². The zero-order valence-electron chi connectivity index (χ0n) is 9.71. The summed E-state index contributed by atoms with van der Waals surface area (Å²) in [6.45, 7) is 4.06. The number of carbonyl (C=O) groups is 2. The van der Waals surface area contributed by atoms with Crippen LogP contribution < -0.4 is 11.1 Å². The topological polar surface area (TPSA) is 72.2 Å². The van der Waals surface area contributed by atoms with Crippen molar-refractivity contribution >= 4 is 11.8 Å². The molecule has 4 nitrogen and oxygen atoms in total. The van der Waals surface area contributed by atoms with Crippen LogP contribution in [0.4, 0.5) is 0 Å². The van der Waals surface area contributed by atoms with Gasteiger partial charge in [-0.25, -0.2) is 0 Å². The van der Waals surface area contributed by atoms with Crippen molar-refractivity contribution < 1.29 is 9.59 Å². The van der Waals surface area contributed by atoms with E-state index in [0.717, 1.165) is 25.7 Å². The van der Waals surface area contributed by atoms with Crippen LogP contribution in [-0.2, 0) is 9.59 Å². The van der Waals surface area contributed by atoms with Gasteiger partial charge in [0.25, 0.3) is 0 Å². The number of primary amides is 1. The van der Waals surface area contributed by atoms with Crippen LogP contribution in [0.3, 0.4) is 0 Å². The number of nitrogens with two attached hydrogens (primary N) is 1. The summed E-state index contributed by atoms with van der Waals surface area (Å²) in [5.74, 6) is -0.509. The second kappa shape index (κ2) is 8.26. The lowest BCUT2D eigenvalue weighted by Gasteiger charge is -2.14. The number of hydrogen-bond donors (Lipinski definition) is 2. The molecule has 0 radical (unpaired) electrons. The Labute approximate surface area is 91.6 Å². The molecule has 0 saturated heterocycles. The molecule has 0 unspecified atom stereocenters. The Hall–Kier alpha value is -1.06. The number of amides is 2. The van der Waals surface area contributed by atoms with Gasteiger partial charge in [0.1, 0.15) is 6.04 Å². The molecule has 0 heterocycles. The zero-order chi connectivity index (χ0) is 11.7. The molecule has 0 aliphatic rings. The van der Waals surface area contributed by atoms with Crippen LogP contribution in [-0.4, -0.2) is 17.9 Å². The minimum Gasteiger partial charge on any atom is -0.368 e. The van der Waals surface area contributed by atoms with Crippen molar-refractivity contribution in [3.05, 3.63) is 0 Å². The molecule has 1 atom stereocenters. The first-order chi connectivity index (χ1) is 7.11. The van der Waals surface area contributed by atoms with Crippen LogP contribution in [0.15, 0.2) is 0 Å². The molecule has 0 aromatic carbocycles. The number of unbranched alkanes of at least 4 members (excludes halogenated alkanes) is 2. The van der Waals surface area contributed by atoms with Gasteiger partial charge in [-0.1, -0.05) is 33.1 Å². The standard InChI is InChI=1S/C11H22N2O2/c1-3-5-7-9(11(12)15)13-10(14)8-6-4-2/h9H,3-8H2,1-2H3,(H2,12,15)(H,13,14)/t9-/m0/s1. The molecule has 4 heteroatoms. The van der Waals surface area contributed by atoms with Crippen LogP contribution in [0.2, 0.25) is 0 Å². The largest absolute Gasteiger partial charge is 0.368 e. The van der Waals surface area contributed by atoms with E-state index in [2.05, 4.69) is 5.32 Å². The van der Waals surface area contributed by atoms with Crippen molar-refractivity contribution in [3.63, 3.8) is 0 Å². The Morgan fingerprint density at radius 3 is 2.27 bits per heavy atom. The van der Waals surface area contributed by atoms with Crippen molar-refractivity contribution in [2.24, 2.45) is 5.73 Å². The minimum atomic E-state index is -0.491. The normalized spacial score (nSPS) is 12.1. The summed E-state index contributed by atoms with van der Waals surface area (Å²) >= 11 is 0. The first-order valence-electron chi connectivity index (χ1n) is 5.70. The Kier molecular flexibility index (Phi) is 7.68. The second-order valence-electron chi connectivity index (χ2n) is 3.77. The van der Waals surface area contributed by atoms with Crippen molar-refractivity contribution in [1.29, 1.82) is 0 Å². The summed E-state index contributed by atoms with van der Waals surface area (Å²) in [5, 5.41) is 2.67. The van der Waals surface area contributed by atoms with E-state index in [1.807, 2.05) is 13.8 Å². The van der Waals surface area contributed by atoms with Crippen molar-refractivity contribution in [2.45, 2.75) is 58.4 Å². The third-order valence-electron chi connectivity index (χ3n) is 2.28. The lowest BCUT2D eigenvalue weighted by Crippen LogP contribution is -2.44. The summed E-state index contributed by atoms with van der Waals surface area (Å²) in [4.78, 5) is 22.4. The lowest BCUT2D eigenvalue weighted by molar-refractivity contribution is -0.127. The molecule has 0 spiro atoms. The van der Waals surface area contributed by atoms with Crippen LogP contribution in [0, 0.1) is 0 Å². The average Bonchev–Trinajstić information content (AvgIpc) is 2.20.